The molecule has 72 valence electrons. The molecule has 0 aromatic heterocycles. The minimum Gasteiger partial charge on any atom is -0.380 e. The van der Waals surface area contributed by atoms with Gasteiger partial charge in [-0.3, -0.25) is 4.90 Å². The van der Waals surface area contributed by atoms with Crippen molar-refractivity contribution < 1.29 is 4.74 Å². The molecule has 3 nitrogen and oxygen atoms in total. The predicted octanol–water partition coefficient (Wildman–Crippen LogP) is 0.444. The van der Waals surface area contributed by atoms with Gasteiger partial charge >= 0.3 is 0 Å². The van der Waals surface area contributed by atoms with Crippen molar-refractivity contribution in [1.29, 1.82) is 0 Å². The van der Waals surface area contributed by atoms with Crippen molar-refractivity contribution in [1.82, 2.24) is 4.90 Å². The molecular weight excluding hydrogens is 152 g/mol. The molecule has 0 aromatic carbocycles. The molecule has 1 saturated heterocycles. The van der Waals surface area contributed by atoms with Gasteiger partial charge in [0.05, 0.1) is 6.61 Å². The smallest absolute Gasteiger partial charge is 0.0621 e. The lowest BCUT2D eigenvalue weighted by atomic mass is 10.1. The zero-order valence-corrected chi connectivity index (χ0v) is 8.12. The summed E-state index contributed by atoms with van der Waals surface area (Å²) in [6.45, 7) is 4.82. The third-order valence-electron chi connectivity index (χ3n) is 2.34. The first-order chi connectivity index (χ1) is 5.70. The average Bonchev–Trinajstić information content (AvgIpc) is 2.05. The van der Waals surface area contributed by atoms with Gasteiger partial charge in [0.1, 0.15) is 0 Å². The average molecular weight is 172 g/mol. The van der Waals surface area contributed by atoms with E-state index in [4.69, 9.17) is 10.5 Å². The Bertz CT molecular complexity index is 122. The van der Waals surface area contributed by atoms with E-state index in [1.807, 2.05) is 6.92 Å². The molecule has 12 heavy (non-hydrogen) atoms. The summed E-state index contributed by atoms with van der Waals surface area (Å²) in [5.41, 5.74) is 5.72. The van der Waals surface area contributed by atoms with Gasteiger partial charge in [-0.1, -0.05) is 0 Å². The molecule has 0 bridgehead atoms. The first-order valence-corrected chi connectivity index (χ1v) is 4.73. The third-order valence-corrected chi connectivity index (χ3v) is 2.34. The lowest BCUT2D eigenvalue weighted by Gasteiger charge is -2.31. The summed E-state index contributed by atoms with van der Waals surface area (Å²) >= 11 is 0. The van der Waals surface area contributed by atoms with Gasteiger partial charge in [0.15, 0.2) is 0 Å². The second-order valence-electron chi connectivity index (χ2n) is 3.79. The van der Waals surface area contributed by atoms with Crippen LogP contribution in [0.5, 0.6) is 0 Å². The highest BCUT2D eigenvalue weighted by Crippen LogP contribution is 2.11. The molecule has 1 aliphatic rings. The van der Waals surface area contributed by atoms with E-state index in [2.05, 4.69) is 11.9 Å². The van der Waals surface area contributed by atoms with Crippen LogP contribution in [-0.4, -0.2) is 43.8 Å². The Morgan fingerprint density at radius 2 is 2.42 bits per heavy atom. The molecule has 1 fully saturated rings. The molecule has 0 spiro atoms. The van der Waals surface area contributed by atoms with Crippen LogP contribution in [0.1, 0.15) is 19.8 Å². The van der Waals surface area contributed by atoms with Gasteiger partial charge in [-0.15, -0.1) is 0 Å². The van der Waals surface area contributed by atoms with Crippen molar-refractivity contribution in [3.63, 3.8) is 0 Å². The van der Waals surface area contributed by atoms with Crippen LogP contribution in [0.15, 0.2) is 0 Å². The summed E-state index contributed by atoms with van der Waals surface area (Å²) in [6.07, 6.45) is 2.44. The van der Waals surface area contributed by atoms with Gasteiger partial charge in [0.25, 0.3) is 0 Å². The van der Waals surface area contributed by atoms with Crippen molar-refractivity contribution in [2.24, 2.45) is 5.73 Å². The zero-order valence-electron chi connectivity index (χ0n) is 8.12. The zero-order chi connectivity index (χ0) is 8.97. The fourth-order valence-corrected chi connectivity index (χ4v) is 1.67. The van der Waals surface area contributed by atoms with Crippen LogP contribution < -0.4 is 5.73 Å². The summed E-state index contributed by atoms with van der Waals surface area (Å²) in [4.78, 5) is 2.31. The van der Waals surface area contributed by atoms with Crippen molar-refractivity contribution in [2.45, 2.75) is 31.8 Å². The van der Waals surface area contributed by atoms with Crippen molar-refractivity contribution in [2.75, 3.05) is 26.8 Å². The standard InChI is InChI=1S/C9H20N2O/c1-8(10)6-11(2)9-4-3-5-12-7-9/h8-9H,3-7,10H2,1-2H3. The largest absolute Gasteiger partial charge is 0.380 e. The Balaban J connectivity index is 2.24. The SMILES string of the molecule is CC(N)CN(C)C1CCCOC1. The first kappa shape index (κ1) is 9.96. The molecule has 0 aliphatic carbocycles. The van der Waals surface area contributed by atoms with Crippen LogP contribution in [0, 0.1) is 0 Å². The molecule has 0 saturated carbocycles. The molecule has 1 rings (SSSR count). The van der Waals surface area contributed by atoms with Gasteiger partial charge in [-0.2, -0.15) is 0 Å². The lowest BCUT2D eigenvalue weighted by Crippen LogP contribution is -2.43. The van der Waals surface area contributed by atoms with Crippen LogP contribution in [0.2, 0.25) is 0 Å². The Labute approximate surface area is 74.9 Å². The van der Waals surface area contributed by atoms with E-state index in [1.165, 1.54) is 12.8 Å². The molecule has 3 heteroatoms. The maximum Gasteiger partial charge on any atom is 0.0621 e. The summed E-state index contributed by atoms with van der Waals surface area (Å²) in [7, 11) is 2.13. The second kappa shape index (κ2) is 4.80. The van der Waals surface area contributed by atoms with Crippen LogP contribution in [-0.2, 0) is 4.74 Å². The summed E-state index contributed by atoms with van der Waals surface area (Å²) in [5, 5.41) is 0. The monoisotopic (exact) mass is 172 g/mol. The van der Waals surface area contributed by atoms with Gasteiger partial charge in [-0.25, -0.2) is 0 Å². The van der Waals surface area contributed by atoms with E-state index >= 15 is 0 Å². The number of nitrogens with two attached hydrogens (primary N) is 1. The highest BCUT2D eigenvalue weighted by Gasteiger charge is 2.18. The molecule has 0 radical (unpaired) electrons. The number of rotatable bonds is 3. The van der Waals surface area contributed by atoms with Gasteiger partial charge in [0.2, 0.25) is 0 Å². The molecule has 2 atom stereocenters. The van der Waals surface area contributed by atoms with E-state index in [1.54, 1.807) is 0 Å². The molecule has 0 aromatic rings. The second-order valence-corrected chi connectivity index (χ2v) is 3.79. The Morgan fingerprint density at radius 3 is 2.92 bits per heavy atom. The van der Waals surface area contributed by atoms with Crippen LogP contribution in [0.25, 0.3) is 0 Å². The fourth-order valence-electron chi connectivity index (χ4n) is 1.67. The molecule has 1 heterocycles. The highest BCUT2D eigenvalue weighted by molar-refractivity contribution is 4.73. The Kier molecular flexibility index (Phi) is 3.98. The summed E-state index contributed by atoms with van der Waals surface area (Å²) < 4.78 is 5.40. The van der Waals surface area contributed by atoms with E-state index in [9.17, 15) is 0 Å². The topological polar surface area (TPSA) is 38.5 Å². The van der Waals surface area contributed by atoms with E-state index in [0.717, 1.165) is 19.8 Å². The van der Waals surface area contributed by atoms with Crippen molar-refractivity contribution in [3.05, 3.63) is 0 Å². The summed E-state index contributed by atoms with van der Waals surface area (Å²) in [5.74, 6) is 0. The number of nitrogens with zero attached hydrogens (tertiary/aromatic N) is 1. The molecule has 1 aliphatic heterocycles. The number of likely N-dealkylation sites (N-methyl/N-ethyl adjacent to an activating group) is 1. The van der Waals surface area contributed by atoms with Gasteiger partial charge in [0, 0.05) is 25.2 Å². The van der Waals surface area contributed by atoms with E-state index in [0.29, 0.717) is 6.04 Å². The van der Waals surface area contributed by atoms with Crippen LogP contribution >= 0.6 is 0 Å². The van der Waals surface area contributed by atoms with E-state index in [-0.39, 0.29) is 6.04 Å². The highest BCUT2D eigenvalue weighted by atomic mass is 16.5. The Hall–Kier alpha value is -0.120. The summed E-state index contributed by atoms with van der Waals surface area (Å²) in [6, 6.07) is 0.849. The van der Waals surface area contributed by atoms with Crippen LogP contribution in [0.4, 0.5) is 0 Å². The molecule has 0 amide bonds. The molecular formula is C9H20N2O. The first-order valence-electron chi connectivity index (χ1n) is 4.73. The minimum atomic E-state index is 0.261. The van der Waals surface area contributed by atoms with Crippen LogP contribution in [0.3, 0.4) is 0 Å². The molecule has 2 unspecified atom stereocenters. The minimum absolute atomic E-state index is 0.261. The normalized spacial score (nSPS) is 27.5. The number of hydrogen-bond donors (Lipinski definition) is 1. The fraction of sp³-hybridized carbons (Fsp3) is 1.00. The number of hydrogen-bond acceptors (Lipinski definition) is 3. The van der Waals surface area contributed by atoms with Crippen molar-refractivity contribution >= 4 is 0 Å². The molecule has 2 N–H and O–H groups in total. The number of ether oxygens (including phenoxy) is 1. The maximum atomic E-state index is 5.72. The van der Waals surface area contributed by atoms with Gasteiger partial charge < -0.3 is 10.5 Å². The van der Waals surface area contributed by atoms with Gasteiger partial charge in [-0.05, 0) is 26.8 Å². The lowest BCUT2D eigenvalue weighted by molar-refractivity contribution is 0.0264. The third kappa shape index (κ3) is 3.09. The predicted molar refractivity (Wildman–Crippen MR) is 50.1 cm³/mol. The maximum absolute atomic E-state index is 5.72. The van der Waals surface area contributed by atoms with Crippen molar-refractivity contribution in [3.8, 4) is 0 Å². The van der Waals surface area contributed by atoms with E-state index < -0.39 is 0 Å². The quantitative estimate of drug-likeness (QED) is 0.671. The Morgan fingerprint density at radius 1 is 1.67 bits per heavy atom.